The molecule has 14 N–H and O–H groups in total. The highest BCUT2D eigenvalue weighted by molar-refractivity contribution is 5.73. The van der Waals surface area contributed by atoms with Crippen molar-refractivity contribution in [2.24, 2.45) is 0 Å². The van der Waals surface area contributed by atoms with Crippen LogP contribution >= 0.6 is 0 Å². The zero-order valence-electron chi connectivity index (χ0n) is 25.7. The van der Waals surface area contributed by atoms with E-state index in [-0.39, 0.29) is 0 Å². The first-order chi connectivity index (χ1) is 23.1. The summed E-state index contributed by atoms with van der Waals surface area (Å²) in [5, 5.41) is 136. The molecule has 0 aromatic heterocycles. The minimum Gasteiger partial charge on any atom is -0.479 e. The van der Waals surface area contributed by atoms with Gasteiger partial charge in [0, 0.05) is 6.92 Å². The van der Waals surface area contributed by atoms with E-state index in [4.69, 9.17) is 33.2 Å². The van der Waals surface area contributed by atoms with Crippen molar-refractivity contribution in [2.75, 3.05) is 19.8 Å². The first-order valence-corrected chi connectivity index (χ1v) is 15.1. The van der Waals surface area contributed by atoms with E-state index in [9.17, 15) is 76.0 Å². The molecule has 0 unspecified atom stereocenters. The Morgan fingerprint density at radius 3 is 1.65 bits per heavy atom. The highest BCUT2D eigenvalue weighted by Gasteiger charge is 2.56. The number of aliphatic carboxylic acids is 1. The van der Waals surface area contributed by atoms with Crippen LogP contribution in [0.5, 0.6) is 0 Å². The van der Waals surface area contributed by atoms with Crippen molar-refractivity contribution in [3.63, 3.8) is 0 Å². The van der Waals surface area contributed by atoms with Gasteiger partial charge in [0.25, 0.3) is 0 Å². The summed E-state index contributed by atoms with van der Waals surface area (Å²) in [4.78, 5) is 23.6. The summed E-state index contributed by atoms with van der Waals surface area (Å²) in [6, 6.07) is -1.63. The molecule has 0 bridgehead atoms. The highest BCUT2D eigenvalue weighted by atomic mass is 16.8. The van der Waals surface area contributed by atoms with Crippen LogP contribution in [0.1, 0.15) is 6.92 Å². The SMILES string of the molecule is CC(=O)N[C@H]1[C@H](O[C@H]2[C@@H](O)[C@H](O)[C@@H](CO)O[C@@H]2O)O[C@H](CO)[C@@H](O[C@@H]2O[C@H](CO)[C@H](O)[C@H](O[C@@H]3O[C@H](C(=O)O)[C@@H](O)[C@H](O)[C@H]3O)[C@H]2O)[C@@H]1O. The Kier molecular flexibility index (Phi) is 13.6. The van der Waals surface area contributed by atoms with Crippen molar-refractivity contribution < 1.29 is 109 Å². The number of carboxylic acids is 1. The lowest BCUT2D eigenvalue weighted by Crippen LogP contribution is -2.69. The lowest BCUT2D eigenvalue weighted by molar-refractivity contribution is -0.381. The van der Waals surface area contributed by atoms with Gasteiger partial charge in [0.05, 0.1) is 19.8 Å². The van der Waals surface area contributed by atoms with E-state index in [1.54, 1.807) is 0 Å². The monoisotopic (exact) mass is 721 g/mol. The van der Waals surface area contributed by atoms with Crippen molar-refractivity contribution in [3.8, 4) is 0 Å². The van der Waals surface area contributed by atoms with Gasteiger partial charge in [0.1, 0.15) is 91.5 Å². The Balaban J connectivity index is 1.55. The van der Waals surface area contributed by atoms with Gasteiger partial charge in [-0.15, -0.1) is 0 Å². The van der Waals surface area contributed by atoms with E-state index >= 15 is 0 Å². The number of ether oxygens (including phenoxy) is 7. The molecular weight excluding hydrogens is 678 g/mol. The molecule has 4 saturated heterocycles. The number of hydrogen-bond acceptors (Lipinski definition) is 21. The van der Waals surface area contributed by atoms with E-state index in [1.807, 2.05) is 0 Å². The van der Waals surface area contributed by atoms with Crippen LogP contribution < -0.4 is 5.32 Å². The normalized spacial score (nSPS) is 49.3. The Hall–Kier alpha value is -1.82. The van der Waals surface area contributed by atoms with E-state index in [2.05, 4.69) is 5.32 Å². The third kappa shape index (κ3) is 8.30. The Morgan fingerprint density at radius 2 is 1.08 bits per heavy atom. The molecule has 4 fully saturated rings. The zero-order chi connectivity index (χ0) is 36.5. The lowest BCUT2D eigenvalue weighted by Gasteiger charge is -2.49. The van der Waals surface area contributed by atoms with E-state index in [0.717, 1.165) is 6.92 Å². The molecule has 0 aromatic rings. The molecule has 4 aliphatic heterocycles. The maximum atomic E-state index is 12.1. The van der Waals surface area contributed by atoms with Crippen LogP contribution in [0.3, 0.4) is 0 Å². The number of aliphatic hydroxyl groups is 12. The van der Waals surface area contributed by atoms with Crippen molar-refractivity contribution in [2.45, 2.75) is 130 Å². The molecule has 4 aliphatic rings. The van der Waals surface area contributed by atoms with Gasteiger partial charge in [-0.05, 0) is 0 Å². The summed E-state index contributed by atoms with van der Waals surface area (Å²) in [5.74, 6) is -2.52. The van der Waals surface area contributed by atoms with Crippen LogP contribution in [0.15, 0.2) is 0 Å². The standard InChI is InChI=1S/C26H43NO22/c1-5(31)27-9-12(34)18(8(4-30)45-24(9)49-21-14(36)10(32)6(2-28)43-23(21)42)46-26-17(39)19(11(33)7(3-29)44-26)47-25-16(38)13(35)15(37)20(48-25)22(40)41/h6-21,23-26,28-30,32-39,42H,2-4H2,1H3,(H,27,31)(H,40,41)/t6-,7-,8-,9-,10-,11+,12-,13+,14+,15+,16-,17-,18-,19+,20+,21+,23+,24+,25-,26+/m1/s1. The molecule has 0 saturated carbocycles. The second kappa shape index (κ2) is 16.7. The van der Waals surface area contributed by atoms with Gasteiger partial charge in [-0.3, -0.25) is 4.79 Å². The molecule has 49 heavy (non-hydrogen) atoms. The maximum absolute atomic E-state index is 12.1. The van der Waals surface area contributed by atoms with Gasteiger partial charge in [-0.25, -0.2) is 4.79 Å². The van der Waals surface area contributed by atoms with Crippen molar-refractivity contribution in [1.82, 2.24) is 5.32 Å². The molecule has 284 valence electrons. The Bertz CT molecular complexity index is 1110. The summed E-state index contributed by atoms with van der Waals surface area (Å²) in [6.45, 7) is -1.65. The van der Waals surface area contributed by atoms with Crippen LogP contribution in [0.4, 0.5) is 0 Å². The highest BCUT2D eigenvalue weighted by Crippen LogP contribution is 2.34. The molecule has 0 aliphatic carbocycles. The molecule has 0 spiro atoms. The van der Waals surface area contributed by atoms with Gasteiger partial charge >= 0.3 is 5.97 Å². The lowest BCUT2D eigenvalue weighted by atomic mass is 9.94. The predicted molar refractivity (Wildman–Crippen MR) is 146 cm³/mol. The van der Waals surface area contributed by atoms with Gasteiger partial charge < -0.3 is 105 Å². The molecule has 23 heteroatoms. The maximum Gasteiger partial charge on any atom is 0.335 e. The van der Waals surface area contributed by atoms with Crippen molar-refractivity contribution in [3.05, 3.63) is 0 Å². The average Bonchev–Trinajstić information content (AvgIpc) is 3.05. The average molecular weight is 722 g/mol. The number of carbonyl (C=O) groups is 2. The van der Waals surface area contributed by atoms with Crippen LogP contribution in [0.25, 0.3) is 0 Å². The van der Waals surface area contributed by atoms with Crippen molar-refractivity contribution >= 4 is 11.9 Å². The number of amides is 1. The fourth-order valence-electron chi connectivity index (χ4n) is 5.91. The second-order valence-corrected chi connectivity index (χ2v) is 11.9. The summed E-state index contributed by atoms with van der Waals surface area (Å²) >= 11 is 0. The van der Waals surface area contributed by atoms with Crippen LogP contribution in [0.2, 0.25) is 0 Å². The molecule has 0 radical (unpaired) electrons. The minimum absolute atomic E-state index is 0.771. The third-order valence-electron chi connectivity index (χ3n) is 8.57. The number of carboxylic acid groups (broad SMARTS) is 1. The predicted octanol–water partition coefficient (Wildman–Crippen LogP) is -9.51. The zero-order valence-corrected chi connectivity index (χ0v) is 25.7. The largest absolute Gasteiger partial charge is 0.479 e. The molecule has 1 amide bonds. The number of carbonyl (C=O) groups excluding carboxylic acids is 1. The number of hydrogen-bond donors (Lipinski definition) is 14. The van der Waals surface area contributed by atoms with Gasteiger partial charge in [0.2, 0.25) is 5.91 Å². The first kappa shape index (κ1) is 40.0. The molecule has 20 atom stereocenters. The Morgan fingerprint density at radius 1 is 0.551 bits per heavy atom. The van der Waals surface area contributed by atoms with Gasteiger partial charge in [0.15, 0.2) is 31.3 Å². The fraction of sp³-hybridized carbons (Fsp3) is 0.923. The molecule has 0 aromatic carbocycles. The quantitative estimate of drug-likeness (QED) is 0.0941. The van der Waals surface area contributed by atoms with Crippen LogP contribution in [-0.2, 0) is 42.7 Å². The smallest absolute Gasteiger partial charge is 0.335 e. The summed E-state index contributed by atoms with van der Waals surface area (Å²) in [5.41, 5.74) is 0. The van der Waals surface area contributed by atoms with Crippen LogP contribution in [-0.4, -0.2) is 221 Å². The van der Waals surface area contributed by atoms with E-state index in [0.29, 0.717) is 0 Å². The molecule has 23 nitrogen and oxygen atoms in total. The first-order valence-electron chi connectivity index (χ1n) is 15.1. The second-order valence-electron chi connectivity index (χ2n) is 11.9. The number of rotatable bonds is 11. The van der Waals surface area contributed by atoms with E-state index in [1.165, 1.54) is 0 Å². The summed E-state index contributed by atoms with van der Waals surface area (Å²) in [7, 11) is 0. The topological polar surface area (TPSA) is 374 Å². The van der Waals surface area contributed by atoms with Gasteiger partial charge in [-0.1, -0.05) is 0 Å². The minimum atomic E-state index is -2.12. The number of nitrogens with one attached hydrogen (secondary N) is 1. The van der Waals surface area contributed by atoms with E-state index < -0.39 is 154 Å². The summed E-state index contributed by atoms with van der Waals surface area (Å²) in [6.07, 6.45) is -35.9. The van der Waals surface area contributed by atoms with Gasteiger partial charge in [-0.2, -0.15) is 0 Å². The van der Waals surface area contributed by atoms with Crippen LogP contribution in [0, 0.1) is 0 Å². The molecule has 4 rings (SSSR count). The number of aliphatic hydroxyl groups excluding tert-OH is 12. The fourth-order valence-corrected chi connectivity index (χ4v) is 5.91. The molecular formula is C26H43NO22. The van der Waals surface area contributed by atoms with Crippen molar-refractivity contribution in [1.29, 1.82) is 0 Å². The molecule has 4 heterocycles. The Labute approximate surface area is 276 Å². The summed E-state index contributed by atoms with van der Waals surface area (Å²) < 4.78 is 37.9. The third-order valence-corrected chi connectivity index (χ3v) is 8.57.